The highest BCUT2D eigenvalue weighted by Crippen LogP contribution is 2.37. The largest absolute Gasteiger partial charge is 0.424 e. The van der Waals surface area contributed by atoms with Gasteiger partial charge in [0, 0.05) is 24.0 Å². The lowest BCUT2D eigenvalue weighted by molar-refractivity contribution is 0.0730. The molecular formula is C26H24N6O5S. The second kappa shape index (κ2) is 9.31. The SMILES string of the molecule is CC(c1oc(=O)c2ccccc2c1-c1cccc(S(=O)(=O)N2CCOCC2)c1)n1ncc2c(N)ncnc21. The number of sulfonamides is 1. The molecule has 6 rings (SSSR count). The number of nitrogens with zero attached hydrogens (tertiary/aromatic N) is 5. The van der Waals surface area contributed by atoms with Crippen molar-refractivity contribution >= 4 is 37.6 Å². The van der Waals surface area contributed by atoms with E-state index in [-0.39, 0.29) is 23.8 Å². The van der Waals surface area contributed by atoms with E-state index in [2.05, 4.69) is 15.1 Å². The van der Waals surface area contributed by atoms with Gasteiger partial charge in [0.1, 0.15) is 23.9 Å². The lowest BCUT2D eigenvalue weighted by atomic mass is 9.96. The molecule has 0 spiro atoms. The van der Waals surface area contributed by atoms with Gasteiger partial charge in [0.25, 0.3) is 0 Å². The van der Waals surface area contributed by atoms with Crippen molar-refractivity contribution in [3.05, 3.63) is 77.2 Å². The van der Waals surface area contributed by atoms with E-state index >= 15 is 0 Å². The summed E-state index contributed by atoms with van der Waals surface area (Å²) in [7, 11) is -3.75. The van der Waals surface area contributed by atoms with Gasteiger partial charge in [-0.25, -0.2) is 27.9 Å². The van der Waals surface area contributed by atoms with Crippen LogP contribution in [0.1, 0.15) is 18.7 Å². The third-order valence-corrected chi connectivity index (χ3v) is 8.66. The van der Waals surface area contributed by atoms with Crippen LogP contribution in [0.4, 0.5) is 5.82 Å². The lowest BCUT2D eigenvalue weighted by Crippen LogP contribution is -2.40. The van der Waals surface area contributed by atoms with Crippen molar-refractivity contribution in [1.29, 1.82) is 0 Å². The Labute approximate surface area is 217 Å². The first-order valence-corrected chi connectivity index (χ1v) is 13.5. The van der Waals surface area contributed by atoms with E-state index in [9.17, 15) is 13.2 Å². The van der Waals surface area contributed by atoms with Crippen molar-refractivity contribution in [1.82, 2.24) is 24.1 Å². The van der Waals surface area contributed by atoms with E-state index in [0.29, 0.717) is 51.9 Å². The maximum Gasteiger partial charge on any atom is 0.343 e. The van der Waals surface area contributed by atoms with Crippen LogP contribution < -0.4 is 11.4 Å². The highest BCUT2D eigenvalue weighted by Gasteiger charge is 2.28. The van der Waals surface area contributed by atoms with Gasteiger partial charge in [-0.05, 0) is 30.7 Å². The monoisotopic (exact) mass is 532 g/mol. The van der Waals surface area contributed by atoms with Gasteiger partial charge in [0.05, 0.1) is 35.1 Å². The molecule has 0 radical (unpaired) electrons. The van der Waals surface area contributed by atoms with E-state index in [4.69, 9.17) is 14.9 Å². The van der Waals surface area contributed by atoms with Crippen LogP contribution in [0.2, 0.25) is 0 Å². The van der Waals surface area contributed by atoms with E-state index in [1.54, 1.807) is 47.3 Å². The number of benzene rings is 2. The Morgan fingerprint density at radius 2 is 1.76 bits per heavy atom. The van der Waals surface area contributed by atoms with Crippen molar-refractivity contribution in [3.8, 4) is 11.1 Å². The third-order valence-electron chi connectivity index (χ3n) is 6.76. The smallest absolute Gasteiger partial charge is 0.343 e. The standard InChI is InChI=1S/C26H24N6O5S/c1-16(32-25-21(14-30-32)24(27)28-15-29-25)23-22(19-7-2-3-8-20(19)26(33)37-23)17-5-4-6-18(13-17)38(34,35)31-9-11-36-12-10-31/h2-8,13-16H,9-12H2,1H3,(H2,27,28,29). The molecule has 1 saturated heterocycles. The van der Waals surface area contributed by atoms with E-state index < -0.39 is 21.7 Å². The quantitative estimate of drug-likeness (QED) is 0.361. The summed E-state index contributed by atoms with van der Waals surface area (Å²) in [5.41, 5.74) is 7.16. The van der Waals surface area contributed by atoms with Crippen molar-refractivity contribution in [2.24, 2.45) is 0 Å². The minimum Gasteiger partial charge on any atom is -0.424 e. The zero-order valence-electron chi connectivity index (χ0n) is 20.4. The van der Waals surface area contributed by atoms with E-state index in [0.717, 1.165) is 0 Å². The Balaban J connectivity index is 1.57. The number of hydrogen-bond acceptors (Lipinski definition) is 9. The van der Waals surface area contributed by atoms with Gasteiger partial charge < -0.3 is 14.9 Å². The van der Waals surface area contributed by atoms with Crippen molar-refractivity contribution in [2.45, 2.75) is 17.9 Å². The van der Waals surface area contributed by atoms with Crippen molar-refractivity contribution < 1.29 is 17.6 Å². The molecule has 1 unspecified atom stereocenters. The Hall–Kier alpha value is -4.13. The van der Waals surface area contributed by atoms with Gasteiger partial charge in [-0.2, -0.15) is 9.40 Å². The predicted octanol–water partition coefficient (Wildman–Crippen LogP) is 2.81. The Kier molecular flexibility index (Phi) is 5.94. The predicted molar refractivity (Wildman–Crippen MR) is 141 cm³/mol. The number of anilines is 1. The average molecular weight is 533 g/mol. The molecule has 1 fully saturated rings. The van der Waals surface area contributed by atoms with Crippen LogP contribution >= 0.6 is 0 Å². The summed E-state index contributed by atoms with van der Waals surface area (Å²) in [5.74, 6) is 0.603. The molecule has 1 aliphatic heterocycles. The van der Waals surface area contributed by atoms with Crippen LogP contribution in [0.5, 0.6) is 0 Å². The lowest BCUT2D eigenvalue weighted by Gasteiger charge is -2.26. The summed E-state index contributed by atoms with van der Waals surface area (Å²) in [4.78, 5) is 21.5. The molecule has 0 saturated carbocycles. The molecule has 5 aromatic rings. The molecule has 11 nitrogen and oxygen atoms in total. The summed E-state index contributed by atoms with van der Waals surface area (Å²) in [6.07, 6.45) is 2.91. The zero-order chi connectivity index (χ0) is 26.4. The van der Waals surface area contributed by atoms with Gasteiger partial charge >= 0.3 is 5.63 Å². The van der Waals surface area contributed by atoms with Gasteiger partial charge in [-0.1, -0.05) is 30.3 Å². The van der Waals surface area contributed by atoms with Crippen LogP contribution in [-0.2, 0) is 14.8 Å². The summed E-state index contributed by atoms with van der Waals surface area (Å²) >= 11 is 0. The van der Waals surface area contributed by atoms with Gasteiger partial charge in [-0.15, -0.1) is 0 Å². The topological polar surface area (TPSA) is 146 Å². The molecule has 0 amide bonds. The molecule has 1 aliphatic rings. The first-order valence-electron chi connectivity index (χ1n) is 12.0. The summed E-state index contributed by atoms with van der Waals surface area (Å²) < 4.78 is 41.1. The number of nitrogens with two attached hydrogens (primary N) is 1. The Morgan fingerprint density at radius 1 is 1.00 bits per heavy atom. The third kappa shape index (κ3) is 3.93. The van der Waals surface area contributed by atoms with Gasteiger partial charge in [-0.3, -0.25) is 0 Å². The molecule has 194 valence electrons. The fraction of sp³-hybridized carbons (Fsp3) is 0.231. The minimum atomic E-state index is -3.75. The van der Waals surface area contributed by atoms with Crippen LogP contribution in [0.25, 0.3) is 32.9 Å². The second-order valence-electron chi connectivity index (χ2n) is 8.98. The zero-order valence-corrected chi connectivity index (χ0v) is 21.3. The fourth-order valence-electron chi connectivity index (χ4n) is 4.83. The molecule has 4 heterocycles. The summed E-state index contributed by atoms with van der Waals surface area (Å²) in [6.45, 7) is 3.10. The molecule has 3 aromatic heterocycles. The molecule has 2 N–H and O–H groups in total. The number of ether oxygens (including phenoxy) is 1. The maximum absolute atomic E-state index is 13.4. The number of rotatable bonds is 5. The van der Waals surface area contributed by atoms with E-state index in [1.165, 1.54) is 10.6 Å². The Morgan fingerprint density at radius 3 is 2.55 bits per heavy atom. The highest BCUT2D eigenvalue weighted by molar-refractivity contribution is 7.89. The van der Waals surface area contributed by atoms with Crippen LogP contribution in [0, 0.1) is 0 Å². The fourth-order valence-corrected chi connectivity index (χ4v) is 6.29. The number of fused-ring (bicyclic) bond motifs is 2. The maximum atomic E-state index is 13.4. The molecule has 12 heteroatoms. The van der Waals surface area contributed by atoms with E-state index in [1.807, 2.05) is 19.1 Å². The first kappa shape index (κ1) is 24.2. The number of aromatic nitrogens is 4. The first-order chi connectivity index (χ1) is 18.4. The second-order valence-corrected chi connectivity index (χ2v) is 10.9. The molecule has 0 bridgehead atoms. The van der Waals surface area contributed by atoms with Crippen LogP contribution in [0.3, 0.4) is 0 Å². The average Bonchev–Trinajstić information content (AvgIpc) is 3.39. The molecule has 38 heavy (non-hydrogen) atoms. The van der Waals surface area contributed by atoms with Crippen LogP contribution in [-0.4, -0.2) is 58.8 Å². The Bertz CT molecular complexity index is 1840. The van der Waals surface area contributed by atoms with Crippen LogP contribution in [0.15, 0.2) is 75.2 Å². The van der Waals surface area contributed by atoms with Crippen molar-refractivity contribution in [2.75, 3.05) is 32.0 Å². The molecular weight excluding hydrogens is 508 g/mol. The van der Waals surface area contributed by atoms with Crippen molar-refractivity contribution in [3.63, 3.8) is 0 Å². The molecule has 1 atom stereocenters. The number of nitrogen functional groups attached to an aromatic ring is 1. The van der Waals surface area contributed by atoms with Gasteiger partial charge in [0.15, 0.2) is 5.65 Å². The number of morpholine rings is 1. The van der Waals surface area contributed by atoms with Gasteiger partial charge in [0.2, 0.25) is 10.0 Å². The summed E-state index contributed by atoms with van der Waals surface area (Å²) in [6, 6.07) is 13.2. The molecule has 2 aromatic carbocycles. The number of hydrogen-bond donors (Lipinski definition) is 1. The normalized spacial score (nSPS) is 15.7. The molecule has 0 aliphatic carbocycles. The minimum absolute atomic E-state index is 0.149. The highest BCUT2D eigenvalue weighted by atomic mass is 32.2. The summed E-state index contributed by atoms with van der Waals surface area (Å²) in [5, 5.41) is 6.05.